The van der Waals surface area contributed by atoms with E-state index in [2.05, 4.69) is 489 Å². The number of fused-ring (bicyclic) bond motifs is 22. The second kappa shape index (κ2) is 33.6. The first-order valence-electron chi connectivity index (χ1n) is 47.5. The van der Waals surface area contributed by atoms with Gasteiger partial charge in [0.15, 0.2) is 0 Å². The van der Waals surface area contributed by atoms with Gasteiger partial charge >= 0.3 is 0 Å². The molecule has 0 aliphatic carbocycles. The molecule has 0 fully saturated rings. The van der Waals surface area contributed by atoms with Crippen molar-refractivity contribution in [2.24, 2.45) is 0 Å². The van der Waals surface area contributed by atoms with Gasteiger partial charge in [0.1, 0.15) is 44.7 Å². The van der Waals surface area contributed by atoms with Gasteiger partial charge in [-0.05, 0) is 209 Å². The van der Waals surface area contributed by atoms with Crippen molar-refractivity contribution in [1.82, 2.24) is 13.7 Å². The maximum Gasteiger partial charge on any atom is 0.137 e. The van der Waals surface area contributed by atoms with Crippen LogP contribution in [0.15, 0.2) is 527 Å². The largest absolute Gasteiger partial charge is 0.456 e. The first-order chi connectivity index (χ1) is 69.5. The molecule has 0 saturated heterocycles. The number of para-hydroxylation sites is 13. The number of anilines is 9. The molecule has 0 amide bonds. The van der Waals surface area contributed by atoms with E-state index in [9.17, 15) is 0 Å². The summed E-state index contributed by atoms with van der Waals surface area (Å²) >= 11 is 0. The lowest BCUT2D eigenvalue weighted by atomic mass is 9.98. The van der Waals surface area contributed by atoms with Crippen LogP contribution in [-0.2, 0) is 0 Å². The number of rotatable bonds is 14. The standard InChI is InChI=1S/C46H30N2O.C42H26N2O2.C42H28N2O/c1-2-14-33(15-3-1)48-42-21-8-6-17-38(42)40-20-11-22-43(46(40)48)47(35-28-29-45-41(30-35)39-18-7-9-23-44(39)49-45)34-26-24-32(25-27-34)37-19-10-13-31-12-4-5-16-36(31)37;1-2-11-27(12-3-1)44-36-17-7-4-13-30(36)35-16-10-18-37(42(35)44)43(28-21-23-33-31-14-5-8-19-38(31)45-40(33)25-28)29-22-24-34-32-15-6-9-20-39(32)46-41(34)26-29;1-3-13-29(14-4-1)30-25-27-32(28-26-30)43(37-21-12-24-40-41(37)35-18-8-10-23-39(35)45-40)38-22-11-19-34-33-17-7-9-20-36(33)44(42(34)38)31-15-5-2-6-16-31/h1-30H;1-26H;1-28H. The zero-order valence-corrected chi connectivity index (χ0v) is 75.8. The number of aromatic nitrogens is 3. The molecule has 29 rings (SSSR count). The van der Waals surface area contributed by atoms with E-state index in [1.54, 1.807) is 0 Å². The highest BCUT2D eigenvalue weighted by Gasteiger charge is 2.29. The number of furan rings is 4. The maximum absolute atomic E-state index is 6.40. The van der Waals surface area contributed by atoms with Crippen molar-refractivity contribution in [3.8, 4) is 39.3 Å². The third-order valence-electron chi connectivity index (χ3n) is 27.7. The minimum absolute atomic E-state index is 0.851. The average Bonchev–Trinajstić information content (AvgIpc) is 1.57. The molecule has 10 heteroatoms. The van der Waals surface area contributed by atoms with E-state index >= 15 is 0 Å². The van der Waals surface area contributed by atoms with Crippen LogP contribution in [0.25, 0.3) is 203 Å². The molecule has 658 valence electrons. The molecule has 0 unspecified atom stereocenters. The number of hydrogen-bond donors (Lipinski definition) is 0. The van der Waals surface area contributed by atoms with Crippen LogP contribution >= 0.6 is 0 Å². The lowest BCUT2D eigenvalue weighted by Gasteiger charge is -2.28. The molecular weight excluding hydrogens is 1710 g/mol. The van der Waals surface area contributed by atoms with Gasteiger partial charge in [0.25, 0.3) is 0 Å². The summed E-state index contributed by atoms with van der Waals surface area (Å²) in [5, 5.41) is 18.6. The van der Waals surface area contributed by atoms with Crippen LogP contribution in [0.1, 0.15) is 0 Å². The predicted octanol–water partition coefficient (Wildman–Crippen LogP) is 36.8. The zero-order valence-electron chi connectivity index (χ0n) is 75.8. The Hall–Kier alpha value is -18.9. The third-order valence-corrected chi connectivity index (χ3v) is 27.7. The predicted molar refractivity (Wildman–Crippen MR) is 584 cm³/mol. The van der Waals surface area contributed by atoms with Crippen molar-refractivity contribution in [3.05, 3.63) is 510 Å². The van der Waals surface area contributed by atoms with Crippen molar-refractivity contribution in [3.63, 3.8) is 0 Å². The topological polar surface area (TPSA) is 77.1 Å². The second-order valence-corrected chi connectivity index (χ2v) is 35.7. The highest BCUT2D eigenvalue weighted by atomic mass is 16.3. The van der Waals surface area contributed by atoms with Gasteiger partial charge in [-0.1, -0.05) is 322 Å². The van der Waals surface area contributed by atoms with Crippen LogP contribution in [0, 0.1) is 0 Å². The first-order valence-corrected chi connectivity index (χ1v) is 47.5. The van der Waals surface area contributed by atoms with E-state index in [0.29, 0.717) is 0 Å². The lowest BCUT2D eigenvalue weighted by Crippen LogP contribution is -2.12. The van der Waals surface area contributed by atoms with Gasteiger partial charge in [-0.25, -0.2) is 0 Å². The van der Waals surface area contributed by atoms with Crippen LogP contribution in [0.3, 0.4) is 0 Å². The monoisotopic (exact) mass is 1790 g/mol. The summed E-state index contributed by atoms with van der Waals surface area (Å²) in [6.07, 6.45) is 0. The van der Waals surface area contributed by atoms with Gasteiger partial charge in [-0.15, -0.1) is 0 Å². The van der Waals surface area contributed by atoms with E-state index in [0.717, 1.165) is 178 Å². The van der Waals surface area contributed by atoms with Gasteiger partial charge in [0, 0.05) is 128 Å². The summed E-state index contributed by atoms with van der Waals surface area (Å²) in [7, 11) is 0. The summed E-state index contributed by atoms with van der Waals surface area (Å²) in [5.74, 6) is 0. The molecule has 7 heterocycles. The smallest absolute Gasteiger partial charge is 0.137 e. The fraction of sp³-hybridized carbons (Fsp3) is 0. The van der Waals surface area contributed by atoms with Crippen LogP contribution in [0.4, 0.5) is 51.2 Å². The molecule has 0 aliphatic rings. The Morgan fingerprint density at radius 3 is 0.957 bits per heavy atom. The molecule has 29 aromatic rings. The second-order valence-electron chi connectivity index (χ2n) is 35.7. The van der Waals surface area contributed by atoms with Gasteiger partial charge in [-0.3, -0.25) is 0 Å². The normalized spacial score (nSPS) is 11.7. The summed E-state index contributed by atoms with van der Waals surface area (Å²) in [5.41, 5.74) is 31.7. The molecule has 0 N–H and O–H groups in total. The summed E-state index contributed by atoms with van der Waals surface area (Å²) < 4.78 is 32.6. The highest BCUT2D eigenvalue weighted by Crippen LogP contribution is 2.52. The van der Waals surface area contributed by atoms with Crippen LogP contribution in [-0.4, -0.2) is 13.7 Å². The van der Waals surface area contributed by atoms with Crippen LogP contribution < -0.4 is 14.7 Å². The Morgan fingerprint density at radius 2 is 0.457 bits per heavy atom. The van der Waals surface area contributed by atoms with E-state index in [1.807, 2.05) is 48.5 Å². The van der Waals surface area contributed by atoms with Gasteiger partial charge in [-0.2, -0.15) is 0 Å². The van der Waals surface area contributed by atoms with E-state index < -0.39 is 0 Å². The average molecular weight is 1790 g/mol. The Morgan fingerprint density at radius 1 is 0.157 bits per heavy atom. The van der Waals surface area contributed by atoms with Gasteiger partial charge in [0.2, 0.25) is 0 Å². The van der Waals surface area contributed by atoms with Crippen molar-refractivity contribution in [1.29, 1.82) is 0 Å². The fourth-order valence-electron chi connectivity index (χ4n) is 21.5. The zero-order chi connectivity index (χ0) is 92.2. The van der Waals surface area contributed by atoms with Gasteiger partial charge in [0.05, 0.1) is 61.2 Å². The first kappa shape index (κ1) is 80.7. The molecule has 0 atom stereocenters. The quantitative estimate of drug-likeness (QED) is 0.107. The number of benzene rings is 22. The fourth-order valence-corrected chi connectivity index (χ4v) is 21.5. The summed E-state index contributed by atoms with van der Waals surface area (Å²) in [6, 6.07) is 181. The van der Waals surface area contributed by atoms with Crippen molar-refractivity contribution in [2.45, 2.75) is 0 Å². The molecular formula is C130H84N6O4. The van der Waals surface area contributed by atoms with Crippen molar-refractivity contribution < 1.29 is 17.7 Å². The Balaban J connectivity index is 0.000000106. The number of hydrogen-bond acceptors (Lipinski definition) is 7. The Kier molecular flexibility index (Phi) is 19.4. The molecule has 0 aliphatic heterocycles. The summed E-state index contributed by atoms with van der Waals surface area (Å²) in [4.78, 5) is 7.13. The molecule has 22 aromatic carbocycles. The molecule has 7 aromatic heterocycles. The molecule has 0 radical (unpaired) electrons. The van der Waals surface area contributed by atoms with E-state index in [-0.39, 0.29) is 0 Å². The highest BCUT2D eigenvalue weighted by molar-refractivity contribution is 6.21. The summed E-state index contributed by atoms with van der Waals surface area (Å²) in [6.45, 7) is 0. The molecule has 0 saturated carbocycles. The molecule has 0 spiro atoms. The van der Waals surface area contributed by atoms with Crippen molar-refractivity contribution >= 4 is 215 Å². The number of nitrogens with zero attached hydrogens (tertiary/aromatic N) is 6. The van der Waals surface area contributed by atoms with Gasteiger partial charge < -0.3 is 46.1 Å². The lowest BCUT2D eigenvalue weighted by molar-refractivity contribution is 0.668. The minimum atomic E-state index is 0.851. The Labute approximate surface area is 804 Å². The van der Waals surface area contributed by atoms with E-state index in [1.165, 1.54) is 76.4 Å². The minimum Gasteiger partial charge on any atom is -0.456 e. The molecule has 0 bridgehead atoms. The Bertz CT molecular complexity index is 9740. The van der Waals surface area contributed by atoms with Crippen LogP contribution in [0.5, 0.6) is 0 Å². The molecule has 10 nitrogen and oxygen atoms in total. The third kappa shape index (κ3) is 13.6. The van der Waals surface area contributed by atoms with Crippen LogP contribution in [0.2, 0.25) is 0 Å². The SMILES string of the molecule is c1ccc(-c2ccc(N(c3cccc4oc5ccccc5c34)c3cccc4c5ccccc5n(-c5ccccc5)c34)cc2)cc1.c1ccc(-n2c3ccccc3c3cccc(N(c4ccc(-c5cccc6ccccc56)cc4)c4ccc5oc6ccccc6c5c4)c32)cc1.c1ccc(-n2c3ccccc3c3cccc(N(c4ccc5c(c4)oc4ccccc45)c4ccc5c(c4)oc4ccccc45)c32)cc1. The van der Waals surface area contributed by atoms with E-state index in [4.69, 9.17) is 17.7 Å². The maximum atomic E-state index is 6.40. The molecule has 140 heavy (non-hydrogen) atoms. The van der Waals surface area contributed by atoms with Crippen molar-refractivity contribution in [2.75, 3.05) is 14.7 Å².